The van der Waals surface area contributed by atoms with Crippen LogP contribution in [0.5, 0.6) is 0 Å². The van der Waals surface area contributed by atoms with Gasteiger partial charge in [0, 0.05) is 50.6 Å². The average Bonchev–Trinajstić information content (AvgIpc) is 2.69. The number of nitrogens with one attached hydrogen (secondary N) is 1. The molecule has 0 radical (unpaired) electrons. The van der Waals surface area contributed by atoms with Gasteiger partial charge in [0.2, 0.25) is 0 Å². The van der Waals surface area contributed by atoms with Crippen molar-refractivity contribution < 1.29 is 13.2 Å². The lowest BCUT2D eigenvalue weighted by atomic mass is 9.96. The number of aliphatic imine (C=N–C) groups is 2. The van der Waals surface area contributed by atoms with Gasteiger partial charge in [-0.15, -0.1) is 0 Å². The van der Waals surface area contributed by atoms with Crippen LogP contribution >= 0.6 is 0 Å². The van der Waals surface area contributed by atoms with E-state index in [1.807, 2.05) is 24.8 Å². The second-order valence-corrected chi connectivity index (χ2v) is 7.76. The van der Waals surface area contributed by atoms with Crippen molar-refractivity contribution in [2.45, 2.75) is 39.4 Å². The van der Waals surface area contributed by atoms with Crippen LogP contribution in [0.25, 0.3) is 0 Å². The standard InChI is InChI=1S/C22H28F3N5/c1-14(2)12-16-13-30(11-10-28-16)19-8-7-18(22(23,24)25)21(29-19)20(26-4)17-6-5-9-27-15(17)3/h6-8,12,16,28H,5,9-11,13H2,1-4H3/b26-20+. The van der Waals surface area contributed by atoms with Crippen molar-refractivity contribution in [3.63, 3.8) is 0 Å². The largest absolute Gasteiger partial charge is 0.418 e. The van der Waals surface area contributed by atoms with Crippen molar-refractivity contribution in [3.8, 4) is 0 Å². The molecule has 1 N–H and O–H groups in total. The first-order valence-corrected chi connectivity index (χ1v) is 10.1. The number of aromatic nitrogens is 1. The van der Waals surface area contributed by atoms with Crippen LogP contribution in [0.2, 0.25) is 0 Å². The third-order valence-electron chi connectivity index (χ3n) is 5.17. The third kappa shape index (κ3) is 4.98. The Balaban J connectivity index is 2.04. The Kier molecular flexibility index (Phi) is 6.75. The highest BCUT2D eigenvalue weighted by atomic mass is 19.4. The molecule has 2 aliphatic rings. The van der Waals surface area contributed by atoms with Crippen molar-refractivity contribution in [2.75, 3.05) is 38.1 Å². The molecular formula is C22H28F3N5. The van der Waals surface area contributed by atoms with Gasteiger partial charge in [-0.1, -0.05) is 17.7 Å². The smallest absolute Gasteiger partial charge is 0.353 e. The molecule has 1 atom stereocenters. The summed E-state index contributed by atoms with van der Waals surface area (Å²) in [6.45, 7) is 8.55. The molecule has 0 bridgehead atoms. The Morgan fingerprint density at radius 2 is 2.07 bits per heavy atom. The molecule has 0 spiro atoms. The first-order valence-electron chi connectivity index (χ1n) is 10.1. The Morgan fingerprint density at radius 1 is 1.30 bits per heavy atom. The van der Waals surface area contributed by atoms with E-state index in [-0.39, 0.29) is 17.4 Å². The maximum absolute atomic E-state index is 13.8. The molecule has 1 saturated heterocycles. The van der Waals surface area contributed by atoms with Crippen molar-refractivity contribution in [1.29, 1.82) is 0 Å². The van der Waals surface area contributed by atoms with Gasteiger partial charge < -0.3 is 10.2 Å². The maximum Gasteiger partial charge on any atom is 0.418 e. The number of halogens is 3. The predicted molar refractivity (Wildman–Crippen MR) is 116 cm³/mol. The lowest BCUT2D eigenvalue weighted by molar-refractivity contribution is -0.137. The van der Waals surface area contributed by atoms with E-state index < -0.39 is 11.7 Å². The molecular weight excluding hydrogens is 391 g/mol. The van der Waals surface area contributed by atoms with Gasteiger partial charge in [-0.05, 0) is 39.3 Å². The van der Waals surface area contributed by atoms with Crippen LogP contribution in [0.3, 0.4) is 0 Å². The van der Waals surface area contributed by atoms with Gasteiger partial charge in [-0.25, -0.2) is 4.98 Å². The van der Waals surface area contributed by atoms with E-state index in [0.717, 1.165) is 12.6 Å². The summed E-state index contributed by atoms with van der Waals surface area (Å²) in [5.41, 5.74) is 1.83. The topological polar surface area (TPSA) is 52.9 Å². The lowest BCUT2D eigenvalue weighted by Crippen LogP contribution is -2.50. The van der Waals surface area contributed by atoms with Crippen LogP contribution in [0, 0.1) is 0 Å². The molecule has 8 heteroatoms. The van der Waals surface area contributed by atoms with Crippen LogP contribution in [0.4, 0.5) is 19.0 Å². The number of alkyl halides is 3. The number of anilines is 1. The van der Waals surface area contributed by atoms with E-state index in [4.69, 9.17) is 0 Å². The predicted octanol–water partition coefficient (Wildman–Crippen LogP) is 4.05. The van der Waals surface area contributed by atoms with E-state index in [2.05, 4.69) is 26.4 Å². The number of allylic oxidation sites excluding steroid dienone is 2. The summed E-state index contributed by atoms with van der Waals surface area (Å²) < 4.78 is 41.4. The van der Waals surface area contributed by atoms with Crippen molar-refractivity contribution >= 4 is 17.2 Å². The van der Waals surface area contributed by atoms with Crippen LogP contribution in [-0.4, -0.2) is 55.7 Å². The fraction of sp³-hybridized carbons (Fsp3) is 0.500. The van der Waals surface area contributed by atoms with Gasteiger partial charge in [0.1, 0.15) is 11.5 Å². The first-order chi connectivity index (χ1) is 14.2. The van der Waals surface area contributed by atoms with Crippen molar-refractivity contribution in [2.24, 2.45) is 9.98 Å². The molecule has 1 aromatic rings. The summed E-state index contributed by atoms with van der Waals surface area (Å²) in [5.74, 6) is 0.527. The SMILES string of the molecule is C/N=C(\C1=CCCN=C1C)c1nc(N2CCNC(C=C(C)C)C2)ccc1C(F)(F)F. The number of hydrogen-bond acceptors (Lipinski definition) is 5. The van der Waals surface area contributed by atoms with E-state index in [0.29, 0.717) is 43.2 Å². The Bertz CT molecular complexity index is 908. The van der Waals surface area contributed by atoms with Gasteiger partial charge in [0.25, 0.3) is 0 Å². The number of dihydropyridines is 1. The zero-order chi connectivity index (χ0) is 21.9. The molecule has 30 heavy (non-hydrogen) atoms. The molecule has 5 nitrogen and oxygen atoms in total. The fourth-order valence-corrected chi connectivity index (χ4v) is 3.83. The molecule has 1 aromatic heterocycles. The molecule has 1 fully saturated rings. The van der Waals surface area contributed by atoms with Crippen molar-refractivity contribution in [3.05, 3.63) is 46.7 Å². The molecule has 162 valence electrons. The highest BCUT2D eigenvalue weighted by molar-refractivity contribution is 6.29. The monoisotopic (exact) mass is 419 g/mol. The first kappa shape index (κ1) is 22.2. The highest BCUT2D eigenvalue weighted by Gasteiger charge is 2.37. The number of piperazine rings is 1. The Labute approximate surface area is 175 Å². The van der Waals surface area contributed by atoms with Gasteiger partial charge >= 0.3 is 6.18 Å². The molecule has 3 rings (SSSR count). The Hall–Kier alpha value is -2.48. The lowest BCUT2D eigenvalue weighted by Gasteiger charge is -2.34. The molecule has 3 heterocycles. The normalized spacial score (nSPS) is 20.6. The van der Waals surface area contributed by atoms with Crippen LogP contribution < -0.4 is 10.2 Å². The van der Waals surface area contributed by atoms with E-state index in [1.165, 1.54) is 18.7 Å². The van der Waals surface area contributed by atoms with Gasteiger partial charge in [0.05, 0.1) is 11.3 Å². The number of pyridine rings is 1. The molecule has 1 unspecified atom stereocenters. The van der Waals surface area contributed by atoms with E-state index in [1.54, 1.807) is 6.92 Å². The van der Waals surface area contributed by atoms with Crippen molar-refractivity contribution in [1.82, 2.24) is 10.3 Å². The highest BCUT2D eigenvalue weighted by Crippen LogP contribution is 2.34. The van der Waals surface area contributed by atoms with Crippen LogP contribution in [0.15, 0.2) is 45.4 Å². The number of hydrogen-bond donors (Lipinski definition) is 1. The second kappa shape index (κ2) is 9.12. The fourth-order valence-electron chi connectivity index (χ4n) is 3.83. The van der Waals surface area contributed by atoms with Gasteiger partial charge in [-0.2, -0.15) is 13.2 Å². The molecule has 0 amide bonds. The quantitative estimate of drug-likeness (QED) is 0.592. The zero-order valence-electron chi connectivity index (χ0n) is 17.8. The molecule has 0 aliphatic carbocycles. The summed E-state index contributed by atoms with van der Waals surface area (Å²) in [4.78, 5) is 15.1. The maximum atomic E-state index is 13.8. The third-order valence-corrected chi connectivity index (χ3v) is 5.17. The minimum atomic E-state index is -4.52. The van der Waals surface area contributed by atoms with E-state index >= 15 is 0 Å². The zero-order valence-corrected chi connectivity index (χ0v) is 17.8. The molecule has 2 aliphatic heterocycles. The van der Waals surface area contributed by atoms with Crippen LogP contribution in [-0.2, 0) is 6.18 Å². The summed E-state index contributed by atoms with van der Waals surface area (Å²) in [7, 11) is 1.50. The van der Waals surface area contributed by atoms with Crippen LogP contribution in [0.1, 0.15) is 38.4 Å². The summed E-state index contributed by atoms with van der Waals surface area (Å²) in [6, 6.07) is 2.71. The number of nitrogens with zero attached hydrogens (tertiary/aromatic N) is 4. The minimum Gasteiger partial charge on any atom is -0.353 e. The number of rotatable bonds is 4. The molecule has 0 aromatic carbocycles. The minimum absolute atomic E-state index is 0.131. The van der Waals surface area contributed by atoms with Gasteiger partial charge in [0.15, 0.2) is 0 Å². The molecule has 0 saturated carbocycles. The average molecular weight is 419 g/mol. The summed E-state index contributed by atoms with van der Waals surface area (Å²) in [5, 5.41) is 3.42. The Morgan fingerprint density at radius 3 is 2.70 bits per heavy atom. The summed E-state index contributed by atoms with van der Waals surface area (Å²) >= 11 is 0. The van der Waals surface area contributed by atoms with Gasteiger partial charge in [-0.3, -0.25) is 9.98 Å². The summed E-state index contributed by atoms with van der Waals surface area (Å²) in [6.07, 6.45) is 0.178. The second-order valence-electron chi connectivity index (χ2n) is 7.76. The van der Waals surface area contributed by atoms with E-state index in [9.17, 15) is 13.2 Å².